The molecule has 5 heteroatoms. The molecule has 0 aliphatic heterocycles. The van der Waals surface area contributed by atoms with Crippen molar-refractivity contribution in [1.29, 1.82) is 0 Å². The molecule has 1 aromatic rings. The summed E-state index contributed by atoms with van der Waals surface area (Å²) in [5.41, 5.74) is 0.934. The second kappa shape index (κ2) is 4.76. The van der Waals surface area contributed by atoms with E-state index in [-0.39, 0.29) is 12.2 Å². The summed E-state index contributed by atoms with van der Waals surface area (Å²) in [6.45, 7) is 0. The molecule has 1 N–H and O–H groups in total. The summed E-state index contributed by atoms with van der Waals surface area (Å²) >= 11 is 0. The largest absolute Gasteiger partial charge is 0.278 e. The number of hydrogen-bond donors (Lipinski definition) is 1. The first kappa shape index (κ1) is 10.7. The Bertz CT molecular complexity index is 386. The number of aryl methyl sites for hydroxylation is 1. The fraction of sp³-hybridized carbons (Fsp3) is 0.222. The Labute approximate surface area is 83.0 Å². The molecule has 0 spiro atoms. The van der Waals surface area contributed by atoms with Gasteiger partial charge in [0.25, 0.3) is 0 Å². The molecule has 0 saturated carbocycles. The first-order valence-electron chi connectivity index (χ1n) is 4.11. The van der Waals surface area contributed by atoms with Crippen molar-refractivity contribution in [3.05, 3.63) is 35.9 Å². The van der Waals surface area contributed by atoms with E-state index in [1.165, 1.54) is 0 Å². The van der Waals surface area contributed by atoms with Crippen LogP contribution in [0.5, 0.6) is 0 Å². The number of carbonyl (C=O) groups is 1. The maximum Gasteiger partial charge on any atom is 0.234 e. The van der Waals surface area contributed by atoms with Crippen LogP contribution in [0, 0.1) is 0 Å². The van der Waals surface area contributed by atoms with Gasteiger partial charge in [0, 0.05) is 0 Å². The summed E-state index contributed by atoms with van der Waals surface area (Å²) in [6.07, 6.45) is 0.588. The monoisotopic (exact) mass is 213 g/mol. The Kier molecular flexibility index (Phi) is 3.64. The molecule has 0 aliphatic carbocycles. The third-order valence-electron chi connectivity index (χ3n) is 1.73. The fourth-order valence-electron chi connectivity index (χ4n) is 1.03. The molecule has 76 valence electrons. The standard InChI is InChI=1S/C9H11NO3S/c11-8-10-14(12,13)7-6-9-4-2-1-3-5-9/h1-5,8H,6-7H2,(H,10,11). The first-order valence-corrected chi connectivity index (χ1v) is 5.77. The van der Waals surface area contributed by atoms with Gasteiger partial charge in [-0.05, 0) is 12.0 Å². The minimum Gasteiger partial charge on any atom is -0.278 e. The average Bonchev–Trinajstić information content (AvgIpc) is 2.17. The third-order valence-corrected chi connectivity index (χ3v) is 2.93. The molecule has 4 nitrogen and oxygen atoms in total. The highest BCUT2D eigenvalue weighted by Crippen LogP contribution is 2.00. The van der Waals surface area contributed by atoms with Crippen LogP contribution in [0.2, 0.25) is 0 Å². The maximum absolute atomic E-state index is 11.1. The lowest BCUT2D eigenvalue weighted by molar-refractivity contribution is -0.108. The van der Waals surface area contributed by atoms with Gasteiger partial charge >= 0.3 is 0 Å². The van der Waals surface area contributed by atoms with Crippen LogP contribution in [-0.4, -0.2) is 20.6 Å². The Morgan fingerprint density at radius 2 is 1.86 bits per heavy atom. The predicted molar refractivity (Wildman–Crippen MR) is 53.1 cm³/mol. The van der Waals surface area contributed by atoms with Crippen LogP contribution in [0.3, 0.4) is 0 Å². The van der Waals surface area contributed by atoms with E-state index < -0.39 is 10.0 Å². The van der Waals surface area contributed by atoms with E-state index in [0.717, 1.165) is 5.56 Å². The van der Waals surface area contributed by atoms with E-state index in [4.69, 9.17) is 0 Å². The van der Waals surface area contributed by atoms with Crippen molar-refractivity contribution in [3.8, 4) is 0 Å². The lowest BCUT2D eigenvalue weighted by atomic mass is 10.2. The van der Waals surface area contributed by atoms with Crippen molar-refractivity contribution < 1.29 is 13.2 Å². The summed E-state index contributed by atoms with van der Waals surface area (Å²) < 4.78 is 23.9. The molecule has 14 heavy (non-hydrogen) atoms. The molecular weight excluding hydrogens is 202 g/mol. The lowest BCUT2D eigenvalue weighted by Crippen LogP contribution is -2.25. The van der Waals surface area contributed by atoms with Gasteiger partial charge in [-0.15, -0.1) is 0 Å². The van der Waals surface area contributed by atoms with E-state index in [9.17, 15) is 13.2 Å². The smallest absolute Gasteiger partial charge is 0.234 e. The van der Waals surface area contributed by atoms with Gasteiger partial charge in [-0.1, -0.05) is 30.3 Å². The zero-order valence-electron chi connectivity index (χ0n) is 7.51. The Morgan fingerprint density at radius 1 is 1.21 bits per heavy atom. The van der Waals surface area contributed by atoms with Gasteiger partial charge in [0.2, 0.25) is 16.4 Å². The zero-order chi connectivity index (χ0) is 10.4. The fourth-order valence-corrected chi connectivity index (χ4v) is 1.80. The van der Waals surface area contributed by atoms with Gasteiger partial charge in [-0.3, -0.25) is 9.52 Å². The average molecular weight is 213 g/mol. The van der Waals surface area contributed by atoms with Crippen molar-refractivity contribution in [2.45, 2.75) is 6.42 Å². The number of benzene rings is 1. The number of sulfonamides is 1. The van der Waals surface area contributed by atoms with E-state index >= 15 is 0 Å². The van der Waals surface area contributed by atoms with E-state index in [0.29, 0.717) is 6.42 Å². The third kappa shape index (κ3) is 3.57. The van der Waals surface area contributed by atoms with Gasteiger partial charge in [0.05, 0.1) is 5.75 Å². The van der Waals surface area contributed by atoms with Gasteiger partial charge in [-0.2, -0.15) is 0 Å². The lowest BCUT2D eigenvalue weighted by Gasteiger charge is -2.01. The number of rotatable bonds is 5. The van der Waals surface area contributed by atoms with Gasteiger partial charge in [0.15, 0.2) is 0 Å². The van der Waals surface area contributed by atoms with Crippen molar-refractivity contribution in [2.75, 3.05) is 5.75 Å². The van der Waals surface area contributed by atoms with E-state index in [1.807, 2.05) is 30.3 Å². The van der Waals surface area contributed by atoms with Gasteiger partial charge < -0.3 is 0 Å². The van der Waals surface area contributed by atoms with Gasteiger partial charge in [-0.25, -0.2) is 8.42 Å². The van der Waals surface area contributed by atoms with Crippen LogP contribution in [-0.2, 0) is 21.2 Å². The van der Waals surface area contributed by atoms with Crippen LogP contribution in [0.1, 0.15) is 5.56 Å². The molecule has 0 saturated heterocycles. The normalized spacial score (nSPS) is 10.9. The summed E-state index contributed by atoms with van der Waals surface area (Å²) in [5.74, 6) is -0.0737. The van der Waals surface area contributed by atoms with Crippen LogP contribution in [0.15, 0.2) is 30.3 Å². The predicted octanol–water partition coefficient (Wildman–Crippen LogP) is 0.305. The molecular formula is C9H11NO3S. The second-order valence-corrected chi connectivity index (χ2v) is 4.66. The molecule has 0 fully saturated rings. The summed E-state index contributed by atoms with van der Waals surface area (Å²) in [6, 6.07) is 9.23. The highest BCUT2D eigenvalue weighted by molar-refractivity contribution is 7.89. The highest BCUT2D eigenvalue weighted by atomic mass is 32.2. The molecule has 1 aromatic carbocycles. The molecule has 0 unspecified atom stereocenters. The van der Waals surface area contributed by atoms with Crippen molar-refractivity contribution in [2.24, 2.45) is 0 Å². The molecule has 0 radical (unpaired) electrons. The topological polar surface area (TPSA) is 63.2 Å². The van der Waals surface area contributed by atoms with Crippen LogP contribution in [0.4, 0.5) is 0 Å². The van der Waals surface area contributed by atoms with Crippen molar-refractivity contribution in [1.82, 2.24) is 4.72 Å². The quantitative estimate of drug-likeness (QED) is 0.716. The van der Waals surface area contributed by atoms with Crippen molar-refractivity contribution >= 4 is 16.4 Å². The van der Waals surface area contributed by atoms with Gasteiger partial charge in [0.1, 0.15) is 0 Å². The molecule has 0 aromatic heterocycles. The van der Waals surface area contributed by atoms with Crippen LogP contribution >= 0.6 is 0 Å². The summed E-state index contributed by atoms with van der Waals surface area (Å²) in [4.78, 5) is 9.94. The van der Waals surface area contributed by atoms with E-state index in [1.54, 1.807) is 4.72 Å². The van der Waals surface area contributed by atoms with Crippen molar-refractivity contribution in [3.63, 3.8) is 0 Å². The number of carbonyl (C=O) groups excluding carboxylic acids is 1. The Hall–Kier alpha value is -1.36. The zero-order valence-corrected chi connectivity index (χ0v) is 8.33. The molecule has 0 heterocycles. The summed E-state index contributed by atoms with van der Waals surface area (Å²) in [7, 11) is -3.45. The molecule has 0 bridgehead atoms. The number of nitrogens with one attached hydrogen (secondary N) is 1. The highest BCUT2D eigenvalue weighted by Gasteiger charge is 2.07. The molecule has 0 atom stereocenters. The molecule has 1 amide bonds. The molecule has 0 aliphatic rings. The van der Waals surface area contributed by atoms with Crippen LogP contribution < -0.4 is 4.72 Å². The van der Waals surface area contributed by atoms with E-state index in [2.05, 4.69) is 0 Å². The SMILES string of the molecule is O=CNS(=O)(=O)CCc1ccccc1. The molecule has 1 rings (SSSR count). The minimum absolute atomic E-state index is 0.0737. The van der Waals surface area contributed by atoms with Crippen LogP contribution in [0.25, 0.3) is 0 Å². The second-order valence-electron chi connectivity index (χ2n) is 2.79. The summed E-state index contributed by atoms with van der Waals surface area (Å²) in [5, 5.41) is 0. The minimum atomic E-state index is -3.45. The Balaban J connectivity index is 2.53. The first-order chi connectivity index (χ1) is 6.64. The maximum atomic E-state index is 11.1. The Morgan fingerprint density at radius 3 is 2.43 bits per heavy atom. The number of hydrogen-bond acceptors (Lipinski definition) is 3. The number of amides is 1.